The van der Waals surface area contributed by atoms with Crippen LogP contribution in [-0.2, 0) is 4.79 Å². The first-order valence-corrected chi connectivity index (χ1v) is 7.53. The Hall–Kier alpha value is -0.910. The van der Waals surface area contributed by atoms with Crippen molar-refractivity contribution in [3.05, 3.63) is 16.5 Å². The van der Waals surface area contributed by atoms with Gasteiger partial charge in [-0.25, -0.2) is 9.97 Å². The Bertz CT molecular complexity index is 463. The molecule has 2 N–H and O–H groups in total. The molecule has 0 saturated carbocycles. The molecule has 7 heteroatoms. The van der Waals surface area contributed by atoms with Gasteiger partial charge in [0.1, 0.15) is 11.0 Å². The molecule has 1 saturated heterocycles. The lowest BCUT2D eigenvalue weighted by molar-refractivity contribution is -0.127. The van der Waals surface area contributed by atoms with Gasteiger partial charge in [-0.3, -0.25) is 4.79 Å². The van der Waals surface area contributed by atoms with Crippen LogP contribution in [0.15, 0.2) is 6.07 Å². The van der Waals surface area contributed by atoms with Crippen LogP contribution in [0.3, 0.4) is 0 Å². The molecule has 0 aromatic carbocycles. The number of aromatic nitrogens is 2. The second-order valence-electron chi connectivity index (χ2n) is 5.08. The summed E-state index contributed by atoms with van der Waals surface area (Å²) in [5.41, 5.74) is -0.329. The van der Waals surface area contributed by atoms with Gasteiger partial charge in [-0.15, -0.1) is 0 Å². The Balaban J connectivity index is 2.15. The zero-order chi connectivity index (χ0) is 14.6. The lowest BCUT2D eigenvalue weighted by Gasteiger charge is -2.36. The number of piperidine rings is 1. The molecular weight excluding hydrogens is 299 g/mol. The predicted octanol–water partition coefficient (Wildman–Crippen LogP) is 2.89. The first-order valence-electron chi connectivity index (χ1n) is 6.78. The van der Waals surface area contributed by atoms with Crippen molar-refractivity contribution in [1.29, 1.82) is 0 Å². The van der Waals surface area contributed by atoms with Gasteiger partial charge in [0.2, 0.25) is 11.2 Å². The van der Waals surface area contributed by atoms with E-state index >= 15 is 0 Å². The lowest BCUT2D eigenvalue weighted by atomic mass is 9.74. The highest BCUT2D eigenvalue weighted by Gasteiger charge is 2.38. The van der Waals surface area contributed by atoms with Crippen molar-refractivity contribution in [1.82, 2.24) is 15.3 Å². The van der Waals surface area contributed by atoms with E-state index in [1.807, 2.05) is 0 Å². The molecule has 1 aliphatic heterocycles. The van der Waals surface area contributed by atoms with Crippen molar-refractivity contribution < 1.29 is 4.79 Å². The number of hydrogen-bond acceptors (Lipinski definition) is 4. The zero-order valence-electron chi connectivity index (χ0n) is 11.4. The molecule has 0 spiro atoms. The molecule has 1 aromatic rings. The standard InChI is InChI=1S/C13H18Cl2N4O/c1-2-3-13(4-6-16-7-5-13)11(20)18-10-8-9(14)17-12(15)19-10/h8,16H,2-7H2,1H3,(H,17,18,19,20). The summed E-state index contributed by atoms with van der Waals surface area (Å²) in [6, 6.07) is 1.51. The summed E-state index contributed by atoms with van der Waals surface area (Å²) in [6.07, 6.45) is 3.50. The maximum atomic E-state index is 12.6. The van der Waals surface area contributed by atoms with Gasteiger partial charge >= 0.3 is 0 Å². The number of hydrogen-bond donors (Lipinski definition) is 2. The minimum absolute atomic E-state index is 0.00770. The third-order valence-electron chi connectivity index (χ3n) is 3.68. The molecule has 1 amide bonds. The van der Waals surface area contributed by atoms with Crippen LogP contribution in [-0.4, -0.2) is 29.0 Å². The average Bonchev–Trinajstić information content (AvgIpc) is 2.38. The van der Waals surface area contributed by atoms with E-state index < -0.39 is 0 Å². The topological polar surface area (TPSA) is 66.9 Å². The van der Waals surface area contributed by atoms with Crippen LogP contribution in [0.1, 0.15) is 32.6 Å². The van der Waals surface area contributed by atoms with Gasteiger partial charge in [-0.2, -0.15) is 0 Å². The van der Waals surface area contributed by atoms with Crippen molar-refractivity contribution in [2.45, 2.75) is 32.6 Å². The maximum absolute atomic E-state index is 12.6. The minimum Gasteiger partial charge on any atom is -0.317 e. The molecule has 0 bridgehead atoms. The number of halogens is 2. The van der Waals surface area contributed by atoms with Gasteiger partial charge in [-0.05, 0) is 44.0 Å². The lowest BCUT2D eigenvalue weighted by Crippen LogP contribution is -2.45. The van der Waals surface area contributed by atoms with Crippen LogP contribution >= 0.6 is 23.2 Å². The number of amides is 1. The fourth-order valence-electron chi connectivity index (χ4n) is 2.68. The van der Waals surface area contributed by atoms with Crippen molar-refractivity contribution in [3.8, 4) is 0 Å². The van der Waals surface area contributed by atoms with Crippen LogP contribution < -0.4 is 10.6 Å². The van der Waals surface area contributed by atoms with Crippen LogP contribution in [0.4, 0.5) is 5.82 Å². The zero-order valence-corrected chi connectivity index (χ0v) is 12.9. The minimum atomic E-state index is -0.329. The van der Waals surface area contributed by atoms with Crippen molar-refractivity contribution >= 4 is 34.9 Å². The van der Waals surface area contributed by atoms with Crippen LogP contribution in [0, 0.1) is 5.41 Å². The Morgan fingerprint density at radius 2 is 2.10 bits per heavy atom. The number of carbonyl (C=O) groups excluding carboxylic acids is 1. The van der Waals surface area contributed by atoms with Gasteiger partial charge in [0.25, 0.3) is 0 Å². The Morgan fingerprint density at radius 1 is 1.40 bits per heavy atom. The number of anilines is 1. The average molecular weight is 317 g/mol. The fraction of sp³-hybridized carbons (Fsp3) is 0.615. The van der Waals surface area contributed by atoms with Gasteiger partial charge in [-0.1, -0.05) is 24.9 Å². The highest BCUT2D eigenvalue weighted by molar-refractivity contribution is 6.32. The molecule has 110 valence electrons. The van der Waals surface area contributed by atoms with Crippen molar-refractivity contribution in [3.63, 3.8) is 0 Å². The molecule has 0 aliphatic carbocycles. The van der Waals surface area contributed by atoms with E-state index in [2.05, 4.69) is 27.5 Å². The van der Waals surface area contributed by atoms with E-state index in [0.29, 0.717) is 5.82 Å². The molecule has 0 unspecified atom stereocenters. The molecule has 1 fully saturated rings. The van der Waals surface area contributed by atoms with E-state index in [9.17, 15) is 4.79 Å². The quantitative estimate of drug-likeness (QED) is 0.662. The molecular formula is C13H18Cl2N4O. The van der Waals surface area contributed by atoms with Crippen LogP contribution in [0.5, 0.6) is 0 Å². The Morgan fingerprint density at radius 3 is 2.70 bits per heavy atom. The second-order valence-corrected chi connectivity index (χ2v) is 5.80. The van der Waals surface area contributed by atoms with Gasteiger partial charge in [0.05, 0.1) is 5.41 Å². The smallest absolute Gasteiger partial charge is 0.231 e. The molecule has 1 aromatic heterocycles. The number of rotatable bonds is 4. The third kappa shape index (κ3) is 3.59. The number of carbonyl (C=O) groups is 1. The van der Waals surface area contributed by atoms with Crippen LogP contribution in [0.25, 0.3) is 0 Å². The highest BCUT2D eigenvalue weighted by atomic mass is 35.5. The fourth-order valence-corrected chi connectivity index (χ4v) is 3.09. The number of nitrogens with one attached hydrogen (secondary N) is 2. The summed E-state index contributed by atoms with van der Waals surface area (Å²) >= 11 is 11.6. The van der Waals surface area contributed by atoms with Gasteiger partial charge < -0.3 is 10.6 Å². The van der Waals surface area contributed by atoms with Gasteiger partial charge in [0, 0.05) is 6.07 Å². The molecule has 1 aliphatic rings. The Kier molecular flexibility index (Phi) is 5.18. The predicted molar refractivity (Wildman–Crippen MR) is 80.1 cm³/mol. The maximum Gasteiger partial charge on any atom is 0.231 e. The van der Waals surface area contributed by atoms with E-state index in [4.69, 9.17) is 23.2 Å². The van der Waals surface area contributed by atoms with Gasteiger partial charge in [0.15, 0.2) is 0 Å². The van der Waals surface area contributed by atoms with Crippen molar-refractivity contribution in [2.75, 3.05) is 18.4 Å². The normalized spacial score (nSPS) is 17.8. The monoisotopic (exact) mass is 316 g/mol. The molecule has 20 heavy (non-hydrogen) atoms. The van der Waals surface area contributed by atoms with Crippen LogP contribution in [0.2, 0.25) is 10.4 Å². The highest BCUT2D eigenvalue weighted by Crippen LogP contribution is 2.35. The summed E-state index contributed by atoms with van der Waals surface area (Å²) in [6.45, 7) is 3.81. The first kappa shape index (κ1) is 15.5. The molecule has 5 nitrogen and oxygen atoms in total. The summed E-state index contributed by atoms with van der Waals surface area (Å²) in [5, 5.41) is 6.37. The Labute approximate surface area is 128 Å². The first-order chi connectivity index (χ1) is 9.55. The second kappa shape index (κ2) is 6.70. The molecule has 0 atom stereocenters. The molecule has 0 radical (unpaired) electrons. The van der Waals surface area contributed by atoms with E-state index in [1.54, 1.807) is 0 Å². The largest absolute Gasteiger partial charge is 0.317 e. The summed E-state index contributed by atoms with van der Waals surface area (Å²) in [7, 11) is 0. The molecule has 2 heterocycles. The van der Waals surface area contributed by atoms with E-state index in [1.165, 1.54) is 6.07 Å². The summed E-state index contributed by atoms with van der Waals surface area (Å²) in [5.74, 6) is 0.348. The van der Waals surface area contributed by atoms with E-state index in [0.717, 1.165) is 38.8 Å². The SMILES string of the molecule is CCCC1(C(=O)Nc2cc(Cl)nc(Cl)n2)CCNCC1. The summed E-state index contributed by atoms with van der Waals surface area (Å²) in [4.78, 5) is 20.4. The number of nitrogens with zero attached hydrogens (tertiary/aromatic N) is 2. The third-order valence-corrected chi connectivity index (χ3v) is 4.04. The van der Waals surface area contributed by atoms with E-state index in [-0.39, 0.29) is 21.8 Å². The van der Waals surface area contributed by atoms with Crippen molar-refractivity contribution in [2.24, 2.45) is 5.41 Å². The summed E-state index contributed by atoms with van der Waals surface area (Å²) < 4.78 is 0. The molecule has 2 rings (SSSR count).